The van der Waals surface area contributed by atoms with Crippen molar-refractivity contribution in [1.82, 2.24) is 29.9 Å². The molecule has 30 heavy (non-hydrogen) atoms. The molecule has 6 heteroatoms. The lowest BCUT2D eigenvalue weighted by atomic mass is 9.58. The molecule has 6 rings (SSSR count). The molecule has 4 aromatic heterocycles. The summed E-state index contributed by atoms with van der Waals surface area (Å²) in [5, 5.41) is 7.82. The molecule has 2 fully saturated rings. The second kappa shape index (κ2) is 6.14. The largest absolute Gasteiger partial charge is 0.353 e. The van der Waals surface area contributed by atoms with Gasteiger partial charge in [-0.15, -0.1) is 0 Å². The Morgan fingerprint density at radius 3 is 2.63 bits per heavy atom. The molecule has 154 valence electrons. The third kappa shape index (κ3) is 2.43. The van der Waals surface area contributed by atoms with Crippen LogP contribution >= 0.6 is 0 Å². The van der Waals surface area contributed by atoms with Gasteiger partial charge < -0.3 is 10.3 Å². The number of rotatable bonds is 3. The van der Waals surface area contributed by atoms with E-state index in [0.29, 0.717) is 17.3 Å². The van der Waals surface area contributed by atoms with Crippen molar-refractivity contribution in [2.24, 2.45) is 5.41 Å². The van der Waals surface area contributed by atoms with Crippen molar-refractivity contribution >= 4 is 16.7 Å². The maximum Gasteiger partial charge on any atom is 0.158 e. The average Bonchev–Trinajstić information content (AvgIpc) is 3.26. The summed E-state index contributed by atoms with van der Waals surface area (Å²) < 4.78 is 1.88. The molecule has 0 aromatic carbocycles. The van der Waals surface area contributed by atoms with Crippen LogP contribution in [0.3, 0.4) is 0 Å². The molecule has 1 aliphatic carbocycles. The Kier molecular flexibility index (Phi) is 3.70. The molecular formula is C24H28N6. The molecule has 0 bridgehead atoms. The minimum absolute atomic E-state index is 0.367. The lowest BCUT2D eigenvalue weighted by Crippen LogP contribution is -2.59. The van der Waals surface area contributed by atoms with Gasteiger partial charge in [0.05, 0.1) is 16.7 Å². The number of nitrogens with one attached hydrogen (secondary N) is 2. The predicted octanol–water partition coefficient (Wildman–Crippen LogP) is 4.48. The van der Waals surface area contributed by atoms with Crippen LogP contribution in [0.25, 0.3) is 27.9 Å². The van der Waals surface area contributed by atoms with Crippen molar-refractivity contribution in [1.29, 1.82) is 0 Å². The standard InChI is InChI=1S/C24H28N6/c1-13(2)20-21(17-9-30-23(26-12-27-30)15(4)14(17)3)29-19-6-5-18(28-22(19)20)16-7-24(8-16)10-25-11-24/h5-6,9,12-13,16,25,29H,7-8,10-11H2,1-4H3. The highest BCUT2D eigenvalue weighted by Gasteiger charge is 2.49. The molecule has 0 radical (unpaired) electrons. The Balaban J connectivity index is 1.50. The summed E-state index contributed by atoms with van der Waals surface area (Å²) in [6.45, 7) is 11.2. The molecule has 1 aliphatic heterocycles. The fraction of sp³-hybridized carbons (Fsp3) is 0.458. The van der Waals surface area contributed by atoms with E-state index >= 15 is 0 Å². The van der Waals surface area contributed by atoms with Crippen LogP contribution < -0.4 is 5.32 Å². The Bertz CT molecular complexity index is 1280. The van der Waals surface area contributed by atoms with Crippen molar-refractivity contribution in [2.75, 3.05) is 13.1 Å². The third-order valence-corrected chi connectivity index (χ3v) is 7.45. The van der Waals surface area contributed by atoms with Crippen molar-refractivity contribution in [2.45, 2.75) is 52.4 Å². The minimum Gasteiger partial charge on any atom is -0.353 e. The first-order chi connectivity index (χ1) is 14.5. The van der Waals surface area contributed by atoms with Gasteiger partial charge in [0.2, 0.25) is 0 Å². The molecule has 1 saturated carbocycles. The van der Waals surface area contributed by atoms with Crippen LogP contribution in [0.1, 0.15) is 60.9 Å². The lowest BCUT2D eigenvalue weighted by molar-refractivity contribution is 0.0348. The Morgan fingerprint density at radius 1 is 1.13 bits per heavy atom. The van der Waals surface area contributed by atoms with Crippen molar-refractivity contribution in [3.05, 3.63) is 47.0 Å². The van der Waals surface area contributed by atoms with E-state index in [0.717, 1.165) is 22.4 Å². The van der Waals surface area contributed by atoms with Crippen molar-refractivity contribution in [3.8, 4) is 11.3 Å². The van der Waals surface area contributed by atoms with Gasteiger partial charge >= 0.3 is 0 Å². The van der Waals surface area contributed by atoms with E-state index in [1.165, 1.54) is 53.9 Å². The zero-order valence-corrected chi connectivity index (χ0v) is 18.1. The molecule has 4 aromatic rings. The van der Waals surface area contributed by atoms with E-state index in [1.54, 1.807) is 6.33 Å². The summed E-state index contributed by atoms with van der Waals surface area (Å²) in [5.41, 5.74) is 11.0. The van der Waals surface area contributed by atoms with Crippen LogP contribution in [0.2, 0.25) is 0 Å². The molecular weight excluding hydrogens is 372 g/mol. The van der Waals surface area contributed by atoms with Crippen LogP contribution in [0.4, 0.5) is 0 Å². The number of hydrogen-bond acceptors (Lipinski definition) is 4. The number of hydrogen-bond donors (Lipinski definition) is 2. The van der Waals surface area contributed by atoms with Crippen LogP contribution in [0, 0.1) is 19.3 Å². The summed E-state index contributed by atoms with van der Waals surface area (Å²) in [6.07, 6.45) is 6.26. The topological polar surface area (TPSA) is 70.9 Å². The highest BCUT2D eigenvalue weighted by atomic mass is 15.3. The van der Waals surface area contributed by atoms with E-state index in [2.05, 4.69) is 66.4 Å². The first kappa shape index (κ1) is 18.1. The van der Waals surface area contributed by atoms with Crippen LogP contribution in [0.5, 0.6) is 0 Å². The number of fused-ring (bicyclic) bond motifs is 2. The Labute approximate surface area is 176 Å². The molecule has 1 spiro atoms. The maximum atomic E-state index is 5.21. The number of pyridine rings is 2. The molecule has 0 amide bonds. The maximum absolute atomic E-state index is 5.21. The summed E-state index contributed by atoms with van der Waals surface area (Å²) in [7, 11) is 0. The fourth-order valence-electron chi connectivity index (χ4n) is 5.52. The highest BCUT2D eigenvalue weighted by molar-refractivity contribution is 5.89. The zero-order chi connectivity index (χ0) is 20.6. The zero-order valence-electron chi connectivity index (χ0n) is 18.1. The van der Waals surface area contributed by atoms with E-state index in [9.17, 15) is 0 Å². The normalized spacial score (nSPS) is 18.4. The predicted molar refractivity (Wildman–Crippen MR) is 119 cm³/mol. The van der Waals surface area contributed by atoms with Gasteiger partial charge in [0.15, 0.2) is 5.65 Å². The van der Waals surface area contributed by atoms with Crippen molar-refractivity contribution < 1.29 is 0 Å². The SMILES string of the molecule is Cc1c(-c2[nH]c3ccc(C4CC5(CNC5)C4)nc3c2C(C)C)cn2ncnc2c1C. The van der Waals surface area contributed by atoms with Gasteiger partial charge in [-0.1, -0.05) is 13.8 Å². The number of aromatic nitrogens is 5. The van der Waals surface area contributed by atoms with Crippen molar-refractivity contribution in [3.63, 3.8) is 0 Å². The van der Waals surface area contributed by atoms with Crippen LogP contribution in [-0.4, -0.2) is 37.7 Å². The third-order valence-electron chi connectivity index (χ3n) is 7.45. The summed E-state index contributed by atoms with van der Waals surface area (Å²) >= 11 is 0. The molecule has 2 aliphatic rings. The summed E-state index contributed by atoms with van der Waals surface area (Å²) in [5.74, 6) is 0.969. The number of nitrogens with zero attached hydrogens (tertiary/aromatic N) is 4. The van der Waals surface area contributed by atoms with Gasteiger partial charge in [-0.2, -0.15) is 5.10 Å². The first-order valence-electron chi connectivity index (χ1n) is 11.0. The Morgan fingerprint density at radius 2 is 1.93 bits per heavy atom. The quantitative estimate of drug-likeness (QED) is 0.532. The Hall–Kier alpha value is -2.73. The monoisotopic (exact) mass is 400 g/mol. The van der Waals surface area contributed by atoms with Gasteiger partial charge in [0.25, 0.3) is 0 Å². The second-order valence-electron chi connectivity index (χ2n) is 9.73. The van der Waals surface area contributed by atoms with E-state index in [1.807, 2.05) is 4.52 Å². The van der Waals surface area contributed by atoms with E-state index in [4.69, 9.17) is 4.98 Å². The number of H-pyrrole nitrogens is 1. The van der Waals surface area contributed by atoms with Crippen LogP contribution in [-0.2, 0) is 0 Å². The molecule has 0 unspecified atom stereocenters. The van der Waals surface area contributed by atoms with Crippen LogP contribution in [0.15, 0.2) is 24.7 Å². The molecule has 0 atom stereocenters. The molecule has 1 saturated heterocycles. The average molecular weight is 401 g/mol. The smallest absolute Gasteiger partial charge is 0.158 e. The summed E-state index contributed by atoms with van der Waals surface area (Å²) in [6, 6.07) is 4.46. The second-order valence-corrected chi connectivity index (χ2v) is 9.73. The minimum atomic E-state index is 0.367. The van der Waals surface area contributed by atoms with E-state index < -0.39 is 0 Å². The van der Waals surface area contributed by atoms with E-state index in [-0.39, 0.29) is 0 Å². The number of aryl methyl sites for hydroxylation is 1. The van der Waals surface area contributed by atoms with Gasteiger partial charge in [-0.05, 0) is 61.3 Å². The molecule has 5 heterocycles. The highest BCUT2D eigenvalue weighted by Crippen LogP contribution is 2.53. The molecule has 6 nitrogen and oxygen atoms in total. The van der Waals surface area contributed by atoms with Gasteiger partial charge in [0.1, 0.15) is 6.33 Å². The van der Waals surface area contributed by atoms with Gasteiger partial charge in [-0.3, -0.25) is 4.98 Å². The first-order valence-corrected chi connectivity index (χ1v) is 11.0. The summed E-state index contributed by atoms with van der Waals surface area (Å²) in [4.78, 5) is 13.3. The van der Waals surface area contributed by atoms with Gasteiger partial charge in [-0.25, -0.2) is 9.50 Å². The number of aromatic amines is 1. The lowest BCUT2D eigenvalue weighted by Gasteiger charge is -2.54. The van der Waals surface area contributed by atoms with Gasteiger partial charge in [0, 0.05) is 42.0 Å². The fourth-order valence-corrected chi connectivity index (χ4v) is 5.52. The molecule has 2 N–H and O–H groups in total.